The zero-order chi connectivity index (χ0) is 17.6. The number of piperidine rings is 1. The molecular weight excluding hydrogens is 439 g/mol. The van der Waals surface area contributed by atoms with Gasteiger partial charge in [-0.1, -0.05) is 12.1 Å². The quantitative estimate of drug-likeness (QED) is 0.416. The van der Waals surface area contributed by atoms with E-state index in [1.54, 1.807) is 7.11 Å². The number of hydrogen-bond donors (Lipinski definition) is 1. The van der Waals surface area contributed by atoms with E-state index in [0.717, 1.165) is 37.3 Å². The van der Waals surface area contributed by atoms with Crippen molar-refractivity contribution in [2.75, 3.05) is 53.9 Å². The number of rotatable bonds is 4. The molecule has 2 aliphatic rings. The van der Waals surface area contributed by atoms with Crippen LogP contribution in [0.1, 0.15) is 30.7 Å². The first kappa shape index (κ1) is 21.3. The smallest absolute Gasteiger partial charge is 0.193 e. The summed E-state index contributed by atoms with van der Waals surface area (Å²) in [5.74, 6) is 3.29. The van der Waals surface area contributed by atoms with Crippen LogP contribution >= 0.6 is 24.0 Å². The molecule has 5 nitrogen and oxygen atoms in total. The van der Waals surface area contributed by atoms with E-state index in [9.17, 15) is 0 Å². The number of likely N-dealkylation sites (tertiary alicyclic amines) is 2. The molecule has 2 aliphatic heterocycles. The molecule has 0 saturated carbocycles. The van der Waals surface area contributed by atoms with Gasteiger partial charge >= 0.3 is 0 Å². The van der Waals surface area contributed by atoms with Gasteiger partial charge in [0.15, 0.2) is 5.96 Å². The molecule has 1 aromatic carbocycles. The van der Waals surface area contributed by atoms with E-state index in [-0.39, 0.29) is 24.0 Å². The van der Waals surface area contributed by atoms with Crippen molar-refractivity contribution < 1.29 is 4.74 Å². The molecule has 26 heavy (non-hydrogen) atoms. The second-order valence-corrected chi connectivity index (χ2v) is 7.40. The van der Waals surface area contributed by atoms with Gasteiger partial charge in [0, 0.05) is 39.1 Å². The van der Waals surface area contributed by atoms with E-state index in [4.69, 9.17) is 4.74 Å². The summed E-state index contributed by atoms with van der Waals surface area (Å²) in [6.45, 7) is 5.57. The van der Waals surface area contributed by atoms with Crippen LogP contribution in [0.3, 0.4) is 0 Å². The fourth-order valence-corrected chi connectivity index (χ4v) is 4.11. The lowest BCUT2D eigenvalue weighted by molar-refractivity contribution is 0.209. The average Bonchev–Trinajstić information content (AvgIpc) is 3.12. The minimum Gasteiger partial charge on any atom is -0.497 e. The Kier molecular flexibility index (Phi) is 8.47. The van der Waals surface area contributed by atoms with E-state index in [0.29, 0.717) is 5.92 Å². The molecule has 2 saturated heterocycles. The number of guanidine groups is 1. The van der Waals surface area contributed by atoms with Crippen molar-refractivity contribution in [2.45, 2.75) is 25.2 Å². The Morgan fingerprint density at radius 2 is 1.96 bits per heavy atom. The first-order chi connectivity index (χ1) is 12.2. The van der Waals surface area contributed by atoms with Crippen LogP contribution in [-0.2, 0) is 0 Å². The van der Waals surface area contributed by atoms with E-state index in [1.807, 2.05) is 7.05 Å². The first-order valence-corrected chi connectivity index (χ1v) is 9.47. The summed E-state index contributed by atoms with van der Waals surface area (Å²) in [7, 11) is 5.84. The van der Waals surface area contributed by atoms with Crippen LogP contribution < -0.4 is 10.1 Å². The van der Waals surface area contributed by atoms with Gasteiger partial charge in [0.05, 0.1) is 7.11 Å². The lowest BCUT2D eigenvalue weighted by Gasteiger charge is -2.31. The summed E-state index contributed by atoms with van der Waals surface area (Å²) in [6.07, 6.45) is 3.81. The highest BCUT2D eigenvalue weighted by atomic mass is 127. The monoisotopic (exact) mass is 472 g/mol. The molecule has 2 atom stereocenters. The van der Waals surface area contributed by atoms with Crippen molar-refractivity contribution in [2.24, 2.45) is 10.9 Å². The van der Waals surface area contributed by atoms with Gasteiger partial charge in [-0.2, -0.15) is 0 Å². The van der Waals surface area contributed by atoms with E-state index < -0.39 is 0 Å². The number of halogens is 1. The minimum atomic E-state index is 0. The highest BCUT2D eigenvalue weighted by molar-refractivity contribution is 14.0. The molecule has 6 heteroatoms. The summed E-state index contributed by atoms with van der Waals surface area (Å²) < 4.78 is 5.26. The molecule has 2 unspecified atom stereocenters. The Morgan fingerprint density at radius 1 is 1.19 bits per heavy atom. The zero-order valence-corrected chi connectivity index (χ0v) is 18.6. The molecular formula is C20H33IN4O. The van der Waals surface area contributed by atoms with Crippen molar-refractivity contribution in [3.8, 4) is 5.75 Å². The summed E-state index contributed by atoms with van der Waals surface area (Å²) in [5.41, 5.74) is 1.40. The van der Waals surface area contributed by atoms with Crippen LogP contribution in [0.4, 0.5) is 0 Å². The van der Waals surface area contributed by atoms with Gasteiger partial charge in [-0.15, -0.1) is 24.0 Å². The van der Waals surface area contributed by atoms with Crippen LogP contribution in [0.5, 0.6) is 5.75 Å². The number of ether oxygens (including phenoxy) is 1. The van der Waals surface area contributed by atoms with Crippen molar-refractivity contribution in [3.63, 3.8) is 0 Å². The maximum Gasteiger partial charge on any atom is 0.193 e. The molecule has 2 heterocycles. The third-order valence-electron chi connectivity index (χ3n) is 5.56. The molecule has 0 amide bonds. The molecule has 1 aromatic rings. The van der Waals surface area contributed by atoms with Crippen molar-refractivity contribution in [1.82, 2.24) is 15.1 Å². The molecule has 0 aliphatic carbocycles. The Bertz CT molecular complexity index is 578. The normalized spacial score (nSPS) is 24.3. The molecule has 1 N–H and O–H groups in total. The number of benzene rings is 1. The number of methoxy groups -OCH3 is 1. The van der Waals surface area contributed by atoms with E-state index >= 15 is 0 Å². The molecule has 0 aromatic heterocycles. The standard InChI is InChI=1S/C20H32N4O.HI/c1-21-20(22-13-16-5-4-11-23(2)14-16)24-12-10-18(15-24)17-6-8-19(25-3)9-7-17;/h6-9,16,18H,4-5,10-15H2,1-3H3,(H,21,22);1H. The number of aliphatic imine (C=N–C) groups is 1. The van der Waals surface area contributed by atoms with Crippen LogP contribution in [0.15, 0.2) is 29.3 Å². The van der Waals surface area contributed by atoms with E-state index in [2.05, 4.69) is 51.4 Å². The third-order valence-corrected chi connectivity index (χ3v) is 5.56. The molecule has 3 rings (SSSR count). The summed E-state index contributed by atoms with van der Waals surface area (Å²) in [4.78, 5) is 9.37. The fourth-order valence-electron chi connectivity index (χ4n) is 4.11. The highest BCUT2D eigenvalue weighted by Gasteiger charge is 2.26. The second-order valence-electron chi connectivity index (χ2n) is 7.40. The average molecular weight is 472 g/mol. The lowest BCUT2D eigenvalue weighted by Crippen LogP contribution is -2.44. The predicted molar refractivity (Wildman–Crippen MR) is 119 cm³/mol. The Labute approximate surface area is 175 Å². The molecule has 146 valence electrons. The topological polar surface area (TPSA) is 40.1 Å². The van der Waals surface area contributed by atoms with Crippen LogP contribution in [0, 0.1) is 5.92 Å². The van der Waals surface area contributed by atoms with Crippen LogP contribution in [0.25, 0.3) is 0 Å². The Hall–Kier alpha value is -1.02. The van der Waals surface area contributed by atoms with Gasteiger partial charge in [-0.25, -0.2) is 0 Å². The summed E-state index contributed by atoms with van der Waals surface area (Å²) >= 11 is 0. The second kappa shape index (κ2) is 10.3. The highest BCUT2D eigenvalue weighted by Crippen LogP contribution is 2.28. The van der Waals surface area contributed by atoms with Gasteiger partial charge in [0.2, 0.25) is 0 Å². The van der Waals surface area contributed by atoms with Gasteiger partial charge in [0.1, 0.15) is 5.75 Å². The van der Waals surface area contributed by atoms with Crippen LogP contribution in [-0.4, -0.2) is 69.7 Å². The van der Waals surface area contributed by atoms with Gasteiger partial charge in [0.25, 0.3) is 0 Å². The third kappa shape index (κ3) is 5.49. The zero-order valence-electron chi connectivity index (χ0n) is 16.3. The molecule has 0 radical (unpaired) electrons. The van der Waals surface area contributed by atoms with Crippen molar-refractivity contribution >= 4 is 29.9 Å². The van der Waals surface area contributed by atoms with Crippen molar-refractivity contribution in [1.29, 1.82) is 0 Å². The maximum absolute atomic E-state index is 5.26. The fraction of sp³-hybridized carbons (Fsp3) is 0.650. The first-order valence-electron chi connectivity index (χ1n) is 9.47. The maximum atomic E-state index is 5.26. The van der Waals surface area contributed by atoms with Crippen molar-refractivity contribution in [3.05, 3.63) is 29.8 Å². The number of nitrogens with one attached hydrogen (secondary N) is 1. The van der Waals surface area contributed by atoms with Gasteiger partial charge in [-0.05, 0) is 56.5 Å². The SMILES string of the molecule is CN=C(NCC1CCCN(C)C1)N1CCC(c2ccc(OC)cc2)C1.I. The number of nitrogens with zero attached hydrogens (tertiary/aromatic N) is 3. The summed E-state index contributed by atoms with van der Waals surface area (Å²) in [5, 5.41) is 3.62. The largest absolute Gasteiger partial charge is 0.497 e. The minimum absolute atomic E-state index is 0. The molecule has 0 bridgehead atoms. The molecule has 0 spiro atoms. The van der Waals surface area contributed by atoms with Gasteiger partial charge in [-0.3, -0.25) is 4.99 Å². The number of hydrogen-bond acceptors (Lipinski definition) is 3. The van der Waals surface area contributed by atoms with Crippen LogP contribution in [0.2, 0.25) is 0 Å². The predicted octanol–water partition coefficient (Wildman–Crippen LogP) is 3.02. The molecule has 2 fully saturated rings. The Morgan fingerprint density at radius 3 is 2.62 bits per heavy atom. The van der Waals surface area contributed by atoms with E-state index in [1.165, 1.54) is 37.9 Å². The Balaban J connectivity index is 0.00000243. The van der Waals surface area contributed by atoms with Gasteiger partial charge < -0.3 is 19.9 Å². The lowest BCUT2D eigenvalue weighted by atomic mass is 9.98. The summed E-state index contributed by atoms with van der Waals surface area (Å²) in [6, 6.07) is 8.51.